The van der Waals surface area contributed by atoms with Gasteiger partial charge in [0, 0.05) is 28.1 Å². The molecule has 0 amide bonds. The number of hydrogen-bond donors (Lipinski definition) is 0. The lowest BCUT2D eigenvalue weighted by Gasteiger charge is -2.09. The molecule has 6 aromatic rings. The van der Waals surface area contributed by atoms with E-state index < -0.39 is 0 Å². The van der Waals surface area contributed by atoms with Gasteiger partial charge < -0.3 is 4.42 Å². The highest BCUT2D eigenvalue weighted by atomic mass is 32.1. The summed E-state index contributed by atoms with van der Waals surface area (Å²) < 4.78 is 12.5. The van der Waals surface area contributed by atoms with E-state index in [-0.39, 0.29) is 0 Å². The Balaban J connectivity index is 1.66. The summed E-state index contributed by atoms with van der Waals surface area (Å²) in [5, 5.41) is 2.31. The predicted octanol–water partition coefficient (Wildman–Crippen LogP) is 6.99. The second-order valence-electron chi connectivity index (χ2n) is 6.37. The van der Waals surface area contributed by atoms with Gasteiger partial charge in [-0.25, -0.2) is 4.98 Å². The van der Waals surface area contributed by atoms with E-state index in [4.69, 9.17) is 4.42 Å². The lowest BCUT2D eigenvalue weighted by atomic mass is 9.95. The van der Waals surface area contributed by atoms with Gasteiger partial charge >= 0.3 is 0 Å². The molecule has 0 radical (unpaired) electrons. The summed E-state index contributed by atoms with van der Waals surface area (Å²) in [6, 6.07) is 18.9. The topological polar surface area (TPSA) is 38.9 Å². The molecular formula is C22H12N2OS2. The first-order valence-electron chi connectivity index (χ1n) is 8.57. The molecule has 0 bridgehead atoms. The fourth-order valence-electron chi connectivity index (χ4n) is 3.73. The van der Waals surface area contributed by atoms with Crippen LogP contribution in [0.5, 0.6) is 0 Å². The second kappa shape index (κ2) is 5.74. The van der Waals surface area contributed by atoms with Crippen molar-refractivity contribution in [3.63, 3.8) is 0 Å². The highest BCUT2D eigenvalue weighted by Gasteiger charge is 2.16. The fourth-order valence-corrected chi connectivity index (χ4v) is 5.35. The second-order valence-corrected chi connectivity index (χ2v) is 8.03. The number of aromatic nitrogens is 2. The van der Waals surface area contributed by atoms with E-state index in [9.17, 15) is 0 Å². The SMILES string of the molecule is c1cc(-c2ccc(-c3cccc4occc34)c3sncc23)c2scnc2c1. The Labute approximate surface area is 162 Å². The Morgan fingerprint density at radius 2 is 1.56 bits per heavy atom. The molecular weight excluding hydrogens is 372 g/mol. The zero-order valence-corrected chi connectivity index (χ0v) is 15.7. The first kappa shape index (κ1) is 15.1. The van der Waals surface area contributed by atoms with Gasteiger partial charge in [-0.05, 0) is 40.9 Å². The number of nitrogens with zero attached hydrogens (tertiary/aromatic N) is 2. The Morgan fingerprint density at radius 3 is 2.56 bits per heavy atom. The van der Waals surface area contributed by atoms with Crippen molar-refractivity contribution < 1.29 is 4.42 Å². The van der Waals surface area contributed by atoms with E-state index >= 15 is 0 Å². The lowest BCUT2D eigenvalue weighted by molar-refractivity contribution is 0.616. The first-order valence-corrected chi connectivity index (χ1v) is 10.2. The molecule has 0 fully saturated rings. The van der Waals surface area contributed by atoms with Crippen molar-refractivity contribution >= 4 is 54.1 Å². The molecule has 27 heavy (non-hydrogen) atoms. The van der Waals surface area contributed by atoms with Gasteiger partial charge in [-0.2, -0.15) is 4.37 Å². The highest BCUT2D eigenvalue weighted by molar-refractivity contribution is 7.17. The summed E-state index contributed by atoms with van der Waals surface area (Å²) >= 11 is 3.23. The van der Waals surface area contributed by atoms with E-state index in [0.717, 1.165) is 16.5 Å². The van der Waals surface area contributed by atoms with Crippen LogP contribution in [-0.4, -0.2) is 9.36 Å². The molecule has 0 aliphatic rings. The minimum atomic E-state index is 0.906. The van der Waals surface area contributed by atoms with Crippen LogP contribution in [-0.2, 0) is 0 Å². The molecule has 0 spiro atoms. The highest BCUT2D eigenvalue weighted by Crippen LogP contribution is 2.42. The normalized spacial score (nSPS) is 11.7. The third-order valence-electron chi connectivity index (χ3n) is 4.95. The summed E-state index contributed by atoms with van der Waals surface area (Å²) in [6.45, 7) is 0. The third-order valence-corrected chi connectivity index (χ3v) is 6.66. The predicted molar refractivity (Wildman–Crippen MR) is 113 cm³/mol. The van der Waals surface area contributed by atoms with Crippen LogP contribution in [0.1, 0.15) is 0 Å². The van der Waals surface area contributed by atoms with Crippen LogP contribution in [0.4, 0.5) is 0 Å². The van der Waals surface area contributed by atoms with Crippen molar-refractivity contribution in [1.29, 1.82) is 0 Å². The molecule has 3 heterocycles. The average molecular weight is 384 g/mol. The molecule has 3 aromatic heterocycles. The van der Waals surface area contributed by atoms with Crippen molar-refractivity contribution in [3.05, 3.63) is 72.6 Å². The minimum absolute atomic E-state index is 0.906. The van der Waals surface area contributed by atoms with E-state index in [1.165, 1.54) is 37.0 Å². The van der Waals surface area contributed by atoms with E-state index in [1.807, 2.05) is 29.9 Å². The van der Waals surface area contributed by atoms with E-state index in [0.29, 0.717) is 0 Å². The Kier molecular flexibility index (Phi) is 3.21. The number of thiazole rings is 1. The van der Waals surface area contributed by atoms with Gasteiger partial charge in [0.05, 0.1) is 26.7 Å². The van der Waals surface area contributed by atoms with Crippen LogP contribution in [0, 0.1) is 0 Å². The molecule has 128 valence electrons. The lowest BCUT2D eigenvalue weighted by Crippen LogP contribution is -1.84. The quantitative estimate of drug-likeness (QED) is 0.323. The van der Waals surface area contributed by atoms with Crippen molar-refractivity contribution in [1.82, 2.24) is 9.36 Å². The number of hydrogen-bond acceptors (Lipinski definition) is 5. The van der Waals surface area contributed by atoms with Crippen molar-refractivity contribution in [3.8, 4) is 22.3 Å². The number of furan rings is 1. The Bertz CT molecular complexity index is 1330. The van der Waals surface area contributed by atoms with Crippen LogP contribution in [0.2, 0.25) is 0 Å². The summed E-state index contributed by atoms with van der Waals surface area (Å²) in [4.78, 5) is 4.46. The molecule has 0 saturated heterocycles. The minimum Gasteiger partial charge on any atom is -0.464 e. The van der Waals surface area contributed by atoms with Crippen LogP contribution >= 0.6 is 22.9 Å². The van der Waals surface area contributed by atoms with Crippen LogP contribution in [0.3, 0.4) is 0 Å². The third kappa shape index (κ3) is 2.19. The number of rotatable bonds is 2. The van der Waals surface area contributed by atoms with Gasteiger partial charge in [0.1, 0.15) is 5.58 Å². The molecule has 6 rings (SSSR count). The number of benzene rings is 3. The van der Waals surface area contributed by atoms with Crippen molar-refractivity contribution in [2.75, 3.05) is 0 Å². The van der Waals surface area contributed by atoms with Gasteiger partial charge in [0.2, 0.25) is 0 Å². The molecule has 0 saturated carbocycles. The summed E-state index contributed by atoms with van der Waals surface area (Å²) in [7, 11) is 0. The maximum Gasteiger partial charge on any atom is 0.134 e. The average Bonchev–Trinajstić information content (AvgIpc) is 3.46. The number of fused-ring (bicyclic) bond motifs is 3. The molecule has 0 aliphatic carbocycles. The summed E-state index contributed by atoms with van der Waals surface area (Å²) in [6.07, 6.45) is 3.73. The summed E-state index contributed by atoms with van der Waals surface area (Å²) in [5.74, 6) is 0. The zero-order valence-electron chi connectivity index (χ0n) is 14.0. The molecule has 0 N–H and O–H groups in total. The monoisotopic (exact) mass is 384 g/mol. The molecule has 0 aliphatic heterocycles. The molecule has 0 unspecified atom stereocenters. The smallest absolute Gasteiger partial charge is 0.134 e. The van der Waals surface area contributed by atoms with Gasteiger partial charge in [-0.15, -0.1) is 11.3 Å². The standard InChI is InChI=1S/C22H12N2OS2/c1-4-16(22-19(5-1)23-12-26-22)14-7-8-17(21-18(14)11-24-27-21)13-3-2-6-20-15(13)9-10-25-20/h1-12H. The van der Waals surface area contributed by atoms with Crippen molar-refractivity contribution in [2.45, 2.75) is 0 Å². The molecule has 0 atom stereocenters. The summed E-state index contributed by atoms with van der Waals surface area (Å²) in [5.41, 5.74) is 8.65. The van der Waals surface area contributed by atoms with Crippen LogP contribution in [0.15, 0.2) is 77.0 Å². The maximum absolute atomic E-state index is 5.59. The van der Waals surface area contributed by atoms with Gasteiger partial charge in [0.25, 0.3) is 0 Å². The molecule has 3 nitrogen and oxygen atoms in total. The zero-order chi connectivity index (χ0) is 17.8. The molecule has 5 heteroatoms. The Hall–Kier alpha value is -3.02. The first-order chi connectivity index (χ1) is 13.4. The van der Waals surface area contributed by atoms with Gasteiger partial charge in [0.15, 0.2) is 0 Å². The fraction of sp³-hybridized carbons (Fsp3) is 0. The maximum atomic E-state index is 5.59. The van der Waals surface area contributed by atoms with Crippen molar-refractivity contribution in [2.24, 2.45) is 0 Å². The Morgan fingerprint density at radius 1 is 0.741 bits per heavy atom. The molecule has 3 aromatic carbocycles. The van der Waals surface area contributed by atoms with Gasteiger partial charge in [-0.3, -0.25) is 0 Å². The van der Waals surface area contributed by atoms with E-state index in [1.54, 1.807) is 29.1 Å². The van der Waals surface area contributed by atoms with Crippen LogP contribution < -0.4 is 0 Å². The van der Waals surface area contributed by atoms with Gasteiger partial charge in [-0.1, -0.05) is 36.4 Å². The van der Waals surface area contributed by atoms with E-state index in [2.05, 4.69) is 45.8 Å². The van der Waals surface area contributed by atoms with Crippen LogP contribution in [0.25, 0.3) is 53.5 Å². The largest absolute Gasteiger partial charge is 0.464 e.